The first-order valence-corrected chi connectivity index (χ1v) is 13.2. The molecule has 0 fully saturated rings. The normalized spacial score (nSPS) is 9.71. The zero-order valence-corrected chi connectivity index (χ0v) is 15.6. The van der Waals surface area contributed by atoms with Crippen LogP contribution in [0, 0.1) is 0 Å². The summed E-state index contributed by atoms with van der Waals surface area (Å²) in [6, 6.07) is 0. The summed E-state index contributed by atoms with van der Waals surface area (Å²) >= 11 is -0.985. The van der Waals surface area contributed by atoms with Crippen LogP contribution >= 0.6 is 0 Å². The number of ether oxygens (including phenoxy) is 1. The van der Waals surface area contributed by atoms with Gasteiger partial charge in [-0.1, -0.05) is 0 Å². The van der Waals surface area contributed by atoms with Gasteiger partial charge in [-0.15, -0.1) is 0 Å². The number of nitrogens with zero attached hydrogens (tertiary/aromatic N) is 1. The van der Waals surface area contributed by atoms with Crippen LogP contribution in [0.3, 0.4) is 0 Å². The molecule has 0 unspecified atom stereocenters. The van der Waals surface area contributed by atoms with Gasteiger partial charge in [0.05, 0.1) is 0 Å². The number of unbranched alkanes of at least 4 members (excludes halogenated alkanes) is 2. The van der Waals surface area contributed by atoms with Crippen molar-refractivity contribution in [2.75, 3.05) is 27.3 Å². The van der Waals surface area contributed by atoms with Crippen LogP contribution in [-0.4, -0.2) is 47.1 Å². The molecule has 0 heterocycles. The first-order chi connectivity index (χ1) is 8.26. The van der Waals surface area contributed by atoms with E-state index in [1.165, 1.54) is 30.1 Å². The van der Waals surface area contributed by atoms with Gasteiger partial charge in [0.25, 0.3) is 0 Å². The molecular weight excluding hydrogens is 317 g/mol. The first kappa shape index (κ1) is 20.0. The molecule has 0 aromatic rings. The van der Waals surface area contributed by atoms with Crippen LogP contribution in [0.4, 0.5) is 0 Å². The van der Waals surface area contributed by atoms with Gasteiger partial charge in [0.1, 0.15) is 0 Å². The van der Waals surface area contributed by atoms with E-state index in [-0.39, 0.29) is 0 Å². The smallest absolute Gasteiger partial charge is 0.162 e. The van der Waals surface area contributed by atoms with Crippen LogP contribution in [-0.2, 0) is 4.74 Å². The van der Waals surface area contributed by atoms with Gasteiger partial charge in [-0.2, -0.15) is 14.1 Å². The Labute approximate surface area is 117 Å². The van der Waals surface area contributed by atoms with Crippen LogP contribution in [0.25, 0.3) is 5.32 Å². The standard InChI is InChI=1S/C4H9O.2C4H9.C2H6N.Sn/c1-3-5-4-2;2*1-3-4-2;1-3-2;/h1,3-4H2,2H3;2*1,3-4H2,2H3;1-2H3;/q;;;-1;+1. The predicted molar refractivity (Wildman–Crippen MR) is 81.7 cm³/mol. The molecule has 0 aliphatic heterocycles. The van der Waals surface area contributed by atoms with Crippen LogP contribution in [0.15, 0.2) is 0 Å². The number of hydrogen-bond acceptors (Lipinski definition) is 1. The first-order valence-electron chi connectivity index (χ1n) is 7.15. The van der Waals surface area contributed by atoms with E-state index in [2.05, 4.69) is 26.1 Å². The van der Waals surface area contributed by atoms with E-state index in [0.717, 1.165) is 13.2 Å². The summed E-state index contributed by atoms with van der Waals surface area (Å²) in [7, 11) is 3.50. The molecule has 0 radical (unpaired) electrons. The van der Waals surface area contributed by atoms with Crippen molar-refractivity contribution in [2.45, 2.75) is 59.8 Å². The van der Waals surface area contributed by atoms with Gasteiger partial charge in [-0.05, 0) is 0 Å². The van der Waals surface area contributed by atoms with E-state index < -0.39 is 19.8 Å². The zero-order valence-electron chi connectivity index (χ0n) is 12.7. The Hall–Kier alpha value is 0.719. The van der Waals surface area contributed by atoms with Crippen molar-refractivity contribution in [1.29, 1.82) is 0 Å². The third-order valence-corrected chi connectivity index (χ3v) is 11.2. The van der Waals surface area contributed by atoms with Gasteiger partial charge >= 0.3 is 97.5 Å². The minimum Gasteiger partial charge on any atom is -0.668 e. The Morgan fingerprint density at radius 3 is 1.71 bits per heavy atom. The van der Waals surface area contributed by atoms with Crippen LogP contribution in [0.1, 0.15) is 46.5 Å². The molecule has 0 saturated carbocycles. The van der Waals surface area contributed by atoms with Gasteiger partial charge in [0.15, 0.2) is 0 Å². The molecule has 104 valence electrons. The average molecular weight is 350 g/mol. The second kappa shape index (κ2) is 19.1. The fraction of sp³-hybridized carbons (Fsp3) is 1.00. The van der Waals surface area contributed by atoms with Gasteiger partial charge < -0.3 is 5.32 Å². The van der Waals surface area contributed by atoms with Gasteiger partial charge in [-0.3, -0.25) is 0 Å². The van der Waals surface area contributed by atoms with Crippen LogP contribution < -0.4 is 0 Å². The Morgan fingerprint density at radius 1 is 0.882 bits per heavy atom. The van der Waals surface area contributed by atoms with E-state index in [0.29, 0.717) is 0 Å². The molecule has 0 N–H and O–H groups in total. The summed E-state index contributed by atoms with van der Waals surface area (Å²) in [5, 5.41) is 3.50. The van der Waals surface area contributed by atoms with E-state index >= 15 is 0 Å². The Kier molecular flexibility index (Phi) is 22.5. The predicted octanol–water partition coefficient (Wildman–Crippen LogP) is 4.74. The van der Waals surface area contributed by atoms with E-state index in [9.17, 15) is 0 Å². The molecule has 2 nitrogen and oxygen atoms in total. The minimum atomic E-state index is -0.985. The summed E-state index contributed by atoms with van der Waals surface area (Å²) in [5.74, 6) is 0. The molecule has 0 aromatic heterocycles. The summed E-state index contributed by atoms with van der Waals surface area (Å²) in [4.78, 5) is 0. The van der Waals surface area contributed by atoms with E-state index in [1.54, 1.807) is 23.0 Å². The van der Waals surface area contributed by atoms with E-state index in [4.69, 9.17) is 4.74 Å². The fourth-order valence-electron chi connectivity index (χ4n) is 1.59. The maximum absolute atomic E-state index is 5.47. The molecule has 17 heavy (non-hydrogen) atoms. The Bertz CT molecular complexity index is 115. The molecule has 0 amide bonds. The van der Waals surface area contributed by atoms with Gasteiger partial charge in [0, 0.05) is 0 Å². The molecule has 3 heteroatoms. The molecule has 0 aromatic carbocycles. The summed E-state index contributed by atoms with van der Waals surface area (Å²) in [5.41, 5.74) is 0. The van der Waals surface area contributed by atoms with Crippen molar-refractivity contribution in [1.82, 2.24) is 0 Å². The van der Waals surface area contributed by atoms with Gasteiger partial charge in [0.2, 0.25) is 0 Å². The van der Waals surface area contributed by atoms with Crippen LogP contribution in [0.2, 0.25) is 13.3 Å². The number of rotatable bonds is 10. The quantitative estimate of drug-likeness (QED) is 0.412. The molecule has 0 spiro atoms. The molecule has 0 saturated heterocycles. The summed E-state index contributed by atoms with van der Waals surface area (Å²) in [6.07, 6.45) is 5.71. The molecule has 0 rings (SSSR count). The molecule has 0 aliphatic rings. The van der Waals surface area contributed by atoms with E-state index in [1.807, 2.05) is 0 Å². The SMILES string of the molecule is CCC[CH2][Sn+]([CH2]CCC)[CH2]COCC.C[N-]C. The van der Waals surface area contributed by atoms with Crippen molar-refractivity contribution < 1.29 is 4.74 Å². The van der Waals surface area contributed by atoms with Gasteiger partial charge in [-0.25, -0.2) is 0 Å². The van der Waals surface area contributed by atoms with Crippen molar-refractivity contribution in [3.8, 4) is 0 Å². The van der Waals surface area contributed by atoms with Crippen molar-refractivity contribution in [2.24, 2.45) is 0 Å². The van der Waals surface area contributed by atoms with Crippen molar-refractivity contribution >= 4 is 19.8 Å². The summed E-state index contributed by atoms with van der Waals surface area (Å²) < 4.78 is 10.1. The monoisotopic (exact) mass is 351 g/mol. The fourth-order valence-corrected chi connectivity index (χ4v) is 9.84. The maximum Gasteiger partial charge on any atom is -0.162 e. The molecule has 0 atom stereocenters. The maximum atomic E-state index is 5.47. The topological polar surface area (TPSA) is 23.3 Å². The third kappa shape index (κ3) is 19.2. The number of hydrogen-bond donors (Lipinski definition) is 0. The Balaban J connectivity index is 0. The molecular formula is C14H33NOSn. The molecule has 0 bridgehead atoms. The Morgan fingerprint density at radius 2 is 1.35 bits per heavy atom. The third-order valence-electron chi connectivity index (χ3n) is 2.57. The second-order valence-corrected chi connectivity index (χ2v) is 12.9. The average Bonchev–Trinajstić information content (AvgIpc) is 2.33. The minimum absolute atomic E-state index is 0.901. The summed E-state index contributed by atoms with van der Waals surface area (Å²) in [6.45, 7) is 8.67. The zero-order chi connectivity index (χ0) is 13.4. The van der Waals surface area contributed by atoms with Crippen molar-refractivity contribution in [3.63, 3.8) is 0 Å². The second-order valence-electron chi connectivity index (χ2n) is 4.35. The molecule has 0 aliphatic carbocycles. The largest absolute Gasteiger partial charge is 0.668 e. The van der Waals surface area contributed by atoms with Crippen molar-refractivity contribution in [3.05, 3.63) is 5.32 Å². The van der Waals surface area contributed by atoms with Crippen LogP contribution in [0.5, 0.6) is 0 Å².